The van der Waals surface area contributed by atoms with Crippen molar-refractivity contribution < 1.29 is 22.4 Å². The number of rotatable bonds is 4. The Morgan fingerprint density at radius 3 is 2.69 bits per heavy atom. The Labute approximate surface area is 87.5 Å². The molecule has 0 saturated heterocycles. The topological polar surface area (TPSA) is 59.8 Å². The number of amides is 1. The fourth-order valence-corrected chi connectivity index (χ4v) is 0.843. The lowest BCUT2D eigenvalue weighted by Gasteiger charge is -2.14. The van der Waals surface area contributed by atoms with Crippen molar-refractivity contribution in [2.24, 2.45) is 7.05 Å². The Morgan fingerprint density at radius 2 is 2.25 bits per heavy atom. The molecule has 1 rings (SSSR count). The maximum Gasteiger partial charge on any atom is 0.383 e. The zero-order chi connectivity index (χ0) is 12.3. The fraction of sp³-hybridized carbons (Fsp3) is 0.571. The van der Waals surface area contributed by atoms with E-state index < -0.39 is 24.8 Å². The molecule has 1 aromatic heterocycles. The van der Waals surface area contributed by atoms with Crippen molar-refractivity contribution in [2.75, 3.05) is 0 Å². The monoisotopic (exact) mass is 240 g/mol. The highest BCUT2D eigenvalue weighted by atomic mass is 19.3. The van der Waals surface area contributed by atoms with Gasteiger partial charge in [-0.1, -0.05) is 0 Å². The summed E-state index contributed by atoms with van der Waals surface area (Å²) in [5.74, 6) is -6.55. The van der Waals surface area contributed by atoms with E-state index in [0.29, 0.717) is 0 Å². The lowest BCUT2D eigenvalue weighted by Crippen LogP contribution is -2.45. The summed E-state index contributed by atoms with van der Waals surface area (Å²) in [6.45, 7) is -0.391. The minimum absolute atomic E-state index is 0.179. The van der Waals surface area contributed by atoms with Crippen molar-refractivity contribution in [2.45, 2.75) is 18.9 Å². The number of alkyl halides is 4. The van der Waals surface area contributed by atoms with Crippen LogP contribution in [0.4, 0.5) is 17.6 Å². The second-order valence-electron chi connectivity index (χ2n) is 2.96. The molecule has 1 aromatic rings. The summed E-state index contributed by atoms with van der Waals surface area (Å²) in [7, 11) is 1.52. The molecule has 0 aliphatic heterocycles. The molecule has 1 N–H and O–H groups in total. The van der Waals surface area contributed by atoms with Gasteiger partial charge in [-0.05, 0) is 0 Å². The predicted molar refractivity (Wildman–Crippen MR) is 43.8 cm³/mol. The number of nitrogens with one attached hydrogen (secondary N) is 1. The van der Waals surface area contributed by atoms with Crippen molar-refractivity contribution in [3.63, 3.8) is 0 Å². The van der Waals surface area contributed by atoms with Crippen molar-refractivity contribution in [1.29, 1.82) is 0 Å². The van der Waals surface area contributed by atoms with Crippen molar-refractivity contribution in [1.82, 2.24) is 20.1 Å². The molecular formula is C7H8F4N4O. The average molecular weight is 240 g/mol. The standard InChI is InChI=1S/C7H8F4N4O/c1-15-3-13-14-4(15)2-12-6(16)7(10,11)5(8)9/h3,5H,2H2,1H3,(H,12,16). The average Bonchev–Trinajstić information content (AvgIpc) is 2.60. The molecule has 16 heavy (non-hydrogen) atoms. The van der Waals surface area contributed by atoms with Gasteiger partial charge in [0.05, 0.1) is 6.54 Å². The number of carbonyl (C=O) groups is 1. The Balaban J connectivity index is 2.57. The normalized spacial score (nSPS) is 11.9. The molecule has 0 spiro atoms. The molecule has 0 unspecified atom stereocenters. The SMILES string of the molecule is Cn1cnnc1CNC(=O)C(F)(F)C(F)F. The molecule has 1 heterocycles. The van der Waals surface area contributed by atoms with E-state index in [9.17, 15) is 22.4 Å². The van der Waals surface area contributed by atoms with E-state index in [1.807, 2.05) is 0 Å². The van der Waals surface area contributed by atoms with Crippen LogP contribution in [0.5, 0.6) is 0 Å². The maximum atomic E-state index is 12.5. The molecular weight excluding hydrogens is 232 g/mol. The summed E-state index contributed by atoms with van der Waals surface area (Å²) in [6.07, 6.45) is -2.75. The van der Waals surface area contributed by atoms with Crippen LogP contribution in [0.25, 0.3) is 0 Å². The highest BCUT2D eigenvalue weighted by Crippen LogP contribution is 2.22. The van der Waals surface area contributed by atoms with Gasteiger partial charge < -0.3 is 9.88 Å². The second kappa shape index (κ2) is 4.45. The molecule has 0 fully saturated rings. The van der Waals surface area contributed by atoms with Crippen molar-refractivity contribution in [3.8, 4) is 0 Å². The van der Waals surface area contributed by atoms with Crippen LogP contribution in [-0.2, 0) is 18.4 Å². The van der Waals surface area contributed by atoms with E-state index in [1.165, 1.54) is 17.9 Å². The van der Waals surface area contributed by atoms with Crippen molar-refractivity contribution >= 4 is 5.91 Å². The van der Waals surface area contributed by atoms with E-state index in [-0.39, 0.29) is 5.82 Å². The number of aryl methyl sites for hydroxylation is 1. The Bertz CT molecular complexity index is 378. The van der Waals surface area contributed by atoms with E-state index in [4.69, 9.17) is 0 Å². The molecule has 0 aliphatic carbocycles. The maximum absolute atomic E-state index is 12.5. The lowest BCUT2D eigenvalue weighted by molar-refractivity contribution is -0.169. The summed E-state index contributed by atoms with van der Waals surface area (Å²) < 4.78 is 49.8. The first-order chi connectivity index (χ1) is 7.35. The van der Waals surface area contributed by atoms with Gasteiger partial charge in [-0.25, -0.2) is 8.78 Å². The van der Waals surface area contributed by atoms with Gasteiger partial charge in [0.25, 0.3) is 5.91 Å². The predicted octanol–water partition coefficient (Wildman–Crippen LogP) is 0.332. The van der Waals surface area contributed by atoms with Gasteiger partial charge in [-0.2, -0.15) is 8.78 Å². The molecule has 5 nitrogen and oxygen atoms in total. The number of nitrogens with zero attached hydrogens (tertiary/aromatic N) is 3. The van der Waals surface area contributed by atoms with Crippen molar-refractivity contribution in [3.05, 3.63) is 12.2 Å². The van der Waals surface area contributed by atoms with Crippen LogP contribution in [0.1, 0.15) is 5.82 Å². The van der Waals surface area contributed by atoms with E-state index in [1.54, 1.807) is 5.32 Å². The van der Waals surface area contributed by atoms with E-state index in [0.717, 1.165) is 0 Å². The molecule has 0 saturated carbocycles. The molecule has 1 amide bonds. The molecule has 0 bridgehead atoms. The largest absolute Gasteiger partial charge is 0.383 e. The summed E-state index contributed by atoms with van der Waals surface area (Å²) in [4.78, 5) is 10.7. The van der Waals surface area contributed by atoms with Gasteiger partial charge in [0.1, 0.15) is 6.33 Å². The summed E-state index contributed by atoms with van der Waals surface area (Å²) in [5.41, 5.74) is 0. The molecule has 0 aromatic carbocycles. The van der Waals surface area contributed by atoms with Crippen LogP contribution in [0, 0.1) is 0 Å². The highest BCUT2D eigenvalue weighted by molar-refractivity contribution is 5.83. The van der Waals surface area contributed by atoms with Crippen LogP contribution in [-0.4, -0.2) is 33.0 Å². The number of hydrogen-bond donors (Lipinski definition) is 1. The molecule has 9 heteroatoms. The third-order valence-corrected chi connectivity index (χ3v) is 1.79. The number of carbonyl (C=O) groups excluding carboxylic acids is 1. The Hall–Kier alpha value is -1.67. The number of halogens is 4. The minimum atomic E-state index is -4.70. The van der Waals surface area contributed by atoms with Gasteiger partial charge >= 0.3 is 12.3 Å². The van der Waals surface area contributed by atoms with E-state index in [2.05, 4.69) is 10.2 Å². The smallest absolute Gasteiger partial charge is 0.343 e. The van der Waals surface area contributed by atoms with Crippen LogP contribution < -0.4 is 5.32 Å². The Kier molecular flexibility index (Phi) is 3.45. The summed E-state index contributed by atoms with van der Waals surface area (Å²) >= 11 is 0. The van der Waals surface area contributed by atoms with E-state index >= 15 is 0 Å². The van der Waals surface area contributed by atoms with Gasteiger partial charge in [-0.3, -0.25) is 4.79 Å². The molecule has 0 aliphatic rings. The van der Waals surface area contributed by atoms with Crippen LogP contribution in [0.15, 0.2) is 6.33 Å². The molecule has 0 radical (unpaired) electrons. The first-order valence-electron chi connectivity index (χ1n) is 4.13. The first kappa shape index (κ1) is 12.4. The fourth-order valence-electron chi connectivity index (χ4n) is 0.843. The molecule has 0 atom stereocenters. The van der Waals surface area contributed by atoms with Gasteiger partial charge in [0, 0.05) is 7.05 Å². The second-order valence-corrected chi connectivity index (χ2v) is 2.96. The zero-order valence-electron chi connectivity index (χ0n) is 8.12. The van der Waals surface area contributed by atoms with Gasteiger partial charge in [-0.15, -0.1) is 10.2 Å². The van der Waals surface area contributed by atoms with Crippen LogP contribution in [0.3, 0.4) is 0 Å². The Morgan fingerprint density at radius 1 is 1.62 bits per heavy atom. The third-order valence-electron chi connectivity index (χ3n) is 1.79. The number of hydrogen-bond acceptors (Lipinski definition) is 3. The number of aromatic nitrogens is 3. The highest BCUT2D eigenvalue weighted by Gasteiger charge is 2.48. The third kappa shape index (κ3) is 2.47. The summed E-state index contributed by atoms with van der Waals surface area (Å²) in [6, 6.07) is 0. The summed E-state index contributed by atoms with van der Waals surface area (Å²) in [5, 5.41) is 8.56. The van der Waals surface area contributed by atoms with Crippen LogP contribution in [0.2, 0.25) is 0 Å². The molecule has 90 valence electrons. The zero-order valence-corrected chi connectivity index (χ0v) is 8.12. The van der Waals surface area contributed by atoms with Gasteiger partial charge in [0.15, 0.2) is 5.82 Å². The lowest BCUT2D eigenvalue weighted by atomic mass is 10.3. The van der Waals surface area contributed by atoms with Crippen LogP contribution >= 0.6 is 0 Å². The van der Waals surface area contributed by atoms with Gasteiger partial charge in [0.2, 0.25) is 0 Å². The minimum Gasteiger partial charge on any atom is -0.343 e. The quantitative estimate of drug-likeness (QED) is 0.771. The first-order valence-corrected chi connectivity index (χ1v) is 4.13.